The number of carbonyl (C=O) groups excluding carboxylic acids is 3. The molecule has 1 heterocycles. The predicted molar refractivity (Wildman–Crippen MR) is 120 cm³/mol. The molecule has 0 saturated carbocycles. The summed E-state index contributed by atoms with van der Waals surface area (Å²) < 4.78 is 0. The first kappa shape index (κ1) is 21.9. The molecule has 30 heavy (non-hydrogen) atoms. The summed E-state index contributed by atoms with van der Waals surface area (Å²) in [5.74, 6) is -0.303. The third-order valence-corrected chi connectivity index (χ3v) is 6.08. The third kappa shape index (κ3) is 6.10. The Morgan fingerprint density at radius 2 is 1.67 bits per heavy atom. The predicted octanol–water partition coefficient (Wildman–Crippen LogP) is 4.00. The van der Waals surface area contributed by atoms with Crippen molar-refractivity contribution in [2.45, 2.75) is 36.8 Å². The number of amides is 3. The smallest absolute Gasteiger partial charge is 0.235 e. The highest BCUT2D eigenvalue weighted by atomic mass is 32.2. The first-order chi connectivity index (χ1) is 14.4. The molecule has 6 nitrogen and oxygen atoms in total. The van der Waals surface area contributed by atoms with Crippen molar-refractivity contribution in [2.75, 3.05) is 23.7 Å². The molecule has 0 aromatic heterocycles. The van der Waals surface area contributed by atoms with Crippen LogP contribution in [0.5, 0.6) is 0 Å². The lowest BCUT2D eigenvalue weighted by atomic mass is 9.96. The van der Waals surface area contributed by atoms with Gasteiger partial charge in [0.15, 0.2) is 0 Å². The highest BCUT2D eigenvalue weighted by Crippen LogP contribution is 2.28. The summed E-state index contributed by atoms with van der Waals surface area (Å²) in [6.45, 7) is 4.49. The summed E-state index contributed by atoms with van der Waals surface area (Å²) in [4.78, 5) is 39.5. The number of thioether (sulfide) groups is 1. The van der Waals surface area contributed by atoms with Crippen LogP contribution in [0.25, 0.3) is 0 Å². The molecule has 0 unspecified atom stereocenters. The van der Waals surface area contributed by atoms with Gasteiger partial charge in [-0.15, -0.1) is 11.8 Å². The third-order valence-electron chi connectivity index (χ3n) is 4.98. The maximum absolute atomic E-state index is 13.0. The van der Waals surface area contributed by atoms with E-state index in [1.807, 2.05) is 66.4 Å². The highest BCUT2D eigenvalue weighted by molar-refractivity contribution is 8.00. The summed E-state index contributed by atoms with van der Waals surface area (Å²) in [5, 5.41) is 5.42. The Morgan fingerprint density at radius 3 is 2.33 bits per heavy atom. The van der Waals surface area contributed by atoms with Crippen LogP contribution in [0, 0.1) is 5.92 Å². The largest absolute Gasteiger partial charge is 0.341 e. The van der Waals surface area contributed by atoms with Crippen molar-refractivity contribution in [1.29, 1.82) is 0 Å². The minimum absolute atomic E-state index is 0.0347. The van der Waals surface area contributed by atoms with Crippen molar-refractivity contribution in [3.63, 3.8) is 0 Å². The van der Waals surface area contributed by atoms with Crippen LogP contribution in [-0.4, -0.2) is 41.0 Å². The number of nitrogens with one attached hydrogen (secondary N) is 2. The molecule has 2 N–H and O–H groups in total. The van der Waals surface area contributed by atoms with Crippen LogP contribution in [-0.2, 0) is 14.4 Å². The number of carbonyl (C=O) groups is 3. The van der Waals surface area contributed by atoms with Crippen molar-refractivity contribution in [3.8, 4) is 0 Å². The fourth-order valence-electron chi connectivity index (χ4n) is 3.49. The molecular formula is C23H27N3O3S. The van der Waals surface area contributed by atoms with E-state index in [2.05, 4.69) is 10.6 Å². The summed E-state index contributed by atoms with van der Waals surface area (Å²) in [5.41, 5.74) is 1.51. The molecule has 158 valence electrons. The van der Waals surface area contributed by atoms with Gasteiger partial charge >= 0.3 is 0 Å². The second-order valence-electron chi connectivity index (χ2n) is 7.44. The molecule has 0 radical (unpaired) electrons. The SMILES string of the molecule is CC(=O)Nc1ccc(S[C@H](C)C(=O)N2CCC[C@H](C(=O)Nc3ccccc3)C2)cc1. The van der Waals surface area contributed by atoms with E-state index in [-0.39, 0.29) is 28.9 Å². The van der Waals surface area contributed by atoms with Gasteiger partial charge in [-0.05, 0) is 56.2 Å². The van der Waals surface area contributed by atoms with Crippen molar-refractivity contribution < 1.29 is 14.4 Å². The molecule has 2 aromatic rings. The maximum atomic E-state index is 13.0. The fraction of sp³-hybridized carbons (Fsp3) is 0.348. The van der Waals surface area contributed by atoms with Crippen LogP contribution in [0.2, 0.25) is 0 Å². The quantitative estimate of drug-likeness (QED) is 0.686. The molecule has 0 bridgehead atoms. The van der Waals surface area contributed by atoms with Crippen molar-refractivity contribution in [3.05, 3.63) is 54.6 Å². The van der Waals surface area contributed by atoms with Gasteiger partial charge in [0.2, 0.25) is 17.7 Å². The molecule has 3 rings (SSSR count). The first-order valence-corrected chi connectivity index (χ1v) is 11.0. The molecule has 2 aromatic carbocycles. The molecular weight excluding hydrogens is 398 g/mol. The van der Waals surface area contributed by atoms with Crippen molar-refractivity contribution in [1.82, 2.24) is 4.90 Å². The molecule has 0 spiro atoms. The van der Waals surface area contributed by atoms with Gasteiger partial charge in [0.05, 0.1) is 11.2 Å². The standard InChI is InChI=1S/C23H27N3O3S/c1-16(30-21-12-10-20(11-13-21)24-17(2)27)23(29)26-14-6-7-18(15-26)22(28)25-19-8-4-3-5-9-19/h3-5,8-13,16,18H,6-7,14-15H2,1-2H3,(H,24,27)(H,25,28)/t16-,18+/m1/s1. The van der Waals surface area contributed by atoms with Crippen LogP contribution in [0.1, 0.15) is 26.7 Å². The topological polar surface area (TPSA) is 78.5 Å². The zero-order chi connectivity index (χ0) is 21.5. The van der Waals surface area contributed by atoms with E-state index < -0.39 is 0 Å². The molecule has 0 aliphatic carbocycles. The van der Waals surface area contributed by atoms with Gasteiger partial charge in [-0.1, -0.05) is 18.2 Å². The summed E-state index contributed by atoms with van der Waals surface area (Å²) in [7, 11) is 0. The minimum atomic E-state index is -0.257. The molecule has 7 heteroatoms. The van der Waals surface area contributed by atoms with E-state index in [1.54, 1.807) is 0 Å². The van der Waals surface area contributed by atoms with Crippen LogP contribution in [0.4, 0.5) is 11.4 Å². The lowest BCUT2D eigenvalue weighted by Crippen LogP contribution is -2.46. The highest BCUT2D eigenvalue weighted by Gasteiger charge is 2.30. The minimum Gasteiger partial charge on any atom is -0.341 e. The van der Waals surface area contributed by atoms with E-state index in [0.29, 0.717) is 13.1 Å². The molecule has 1 aliphatic rings. The second kappa shape index (κ2) is 10.3. The van der Waals surface area contributed by atoms with E-state index in [0.717, 1.165) is 29.1 Å². The first-order valence-electron chi connectivity index (χ1n) is 10.1. The molecule has 1 fully saturated rings. The Bertz CT molecular complexity index is 886. The number of hydrogen-bond acceptors (Lipinski definition) is 4. The van der Waals surface area contributed by atoms with E-state index in [9.17, 15) is 14.4 Å². The zero-order valence-corrected chi connectivity index (χ0v) is 18.1. The number of likely N-dealkylation sites (tertiary alicyclic amines) is 1. The number of hydrogen-bond donors (Lipinski definition) is 2. The van der Waals surface area contributed by atoms with Gasteiger partial charge in [-0.25, -0.2) is 0 Å². The number of nitrogens with zero attached hydrogens (tertiary/aromatic N) is 1. The van der Waals surface area contributed by atoms with Gasteiger partial charge in [0, 0.05) is 36.3 Å². The average molecular weight is 426 g/mol. The van der Waals surface area contributed by atoms with Gasteiger partial charge < -0.3 is 15.5 Å². The number of rotatable bonds is 6. The Morgan fingerprint density at radius 1 is 1.00 bits per heavy atom. The number of anilines is 2. The monoisotopic (exact) mass is 425 g/mol. The molecule has 2 atom stereocenters. The second-order valence-corrected chi connectivity index (χ2v) is 8.86. The van der Waals surface area contributed by atoms with Crippen LogP contribution in [0.15, 0.2) is 59.5 Å². The number of benzene rings is 2. The zero-order valence-electron chi connectivity index (χ0n) is 17.3. The Kier molecular flexibility index (Phi) is 7.52. The lowest BCUT2D eigenvalue weighted by molar-refractivity contribution is -0.133. The fourth-order valence-corrected chi connectivity index (χ4v) is 4.44. The summed E-state index contributed by atoms with van der Waals surface area (Å²) >= 11 is 1.48. The summed E-state index contributed by atoms with van der Waals surface area (Å²) in [6.07, 6.45) is 1.61. The van der Waals surface area contributed by atoms with Crippen molar-refractivity contribution in [2.24, 2.45) is 5.92 Å². The van der Waals surface area contributed by atoms with Gasteiger partial charge in [0.25, 0.3) is 0 Å². The Balaban J connectivity index is 1.54. The van der Waals surface area contributed by atoms with E-state index in [4.69, 9.17) is 0 Å². The van der Waals surface area contributed by atoms with E-state index >= 15 is 0 Å². The Hall–Kier alpha value is -2.80. The van der Waals surface area contributed by atoms with E-state index in [1.165, 1.54) is 18.7 Å². The summed E-state index contributed by atoms with van der Waals surface area (Å²) in [6, 6.07) is 16.8. The number of piperidine rings is 1. The van der Waals surface area contributed by atoms with Gasteiger partial charge in [-0.2, -0.15) is 0 Å². The number of para-hydroxylation sites is 1. The normalized spacial score (nSPS) is 17.1. The molecule has 3 amide bonds. The molecule has 1 saturated heterocycles. The average Bonchev–Trinajstić information content (AvgIpc) is 2.75. The van der Waals surface area contributed by atoms with Crippen LogP contribution < -0.4 is 10.6 Å². The van der Waals surface area contributed by atoms with Gasteiger partial charge in [-0.3, -0.25) is 14.4 Å². The van der Waals surface area contributed by atoms with Crippen LogP contribution >= 0.6 is 11.8 Å². The maximum Gasteiger partial charge on any atom is 0.235 e. The molecule has 1 aliphatic heterocycles. The van der Waals surface area contributed by atoms with Crippen molar-refractivity contribution >= 4 is 40.9 Å². The van der Waals surface area contributed by atoms with Crippen LogP contribution in [0.3, 0.4) is 0 Å². The lowest BCUT2D eigenvalue weighted by Gasteiger charge is -2.33. The van der Waals surface area contributed by atoms with Gasteiger partial charge in [0.1, 0.15) is 0 Å². The Labute approximate surface area is 181 Å².